The Hall–Kier alpha value is -1.57. The van der Waals surface area contributed by atoms with E-state index in [2.05, 4.69) is 38.2 Å². The molecule has 1 N–H and O–H groups in total. The van der Waals surface area contributed by atoms with Crippen LogP contribution in [0.2, 0.25) is 0 Å². The Labute approximate surface area is 104 Å². The van der Waals surface area contributed by atoms with E-state index in [0.717, 1.165) is 12.1 Å². The third kappa shape index (κ3) is 5.91. The van der Waals surface area contributed by atoms with Gasteiger partial charge in [0, 0.05) is 12.6 Å². The molecule has 0 spiro atoms. The molecule has 0 atom stereocenters. The Morgan fingerprint density at radius 2 is 1.82 bits per heavy atom. The summed E-state index contributed by atoms with van der Waals surface area (Å²) in [5, 5.41) is 2.76. The third-order valence-electron chi connectivity index (χ3n) is 2.25. The van der Waals surface area contributed by atoms with Crippen molar-refractivity contribution < 1.29 is 4.79 Å². The Morgan fingerprint density at radius 3 is 2.29 bits per heavy atom. The van der Waals surface area contributed by atoms with Crippen molar-refractivity contribution in [1.82, 2.24) is 0 Å². The summed E-state index contributed by atoms with van der Waals surface area (Å²) >= 11 is 0. The monoisotopic (exact) mass is 231 g/mol. The summed E-state index contributed by atoms with van der Waals surface area (Å²) in [6.45, 7) is 8.07. The maximum atomic E-state index is 10.9. The Balaban J connectivity index is 2.57. The van der Waals surface area contributed by atoms with Gasteiger partial charge in [0.1, 0.15) is 0 Å². The molecule has 0 aliphatic carbocycles. The van der Waals surface area contributed by atoms with Gasteiger partial charge in [-0.1, -0.05) is 45.1 Å². The minimum absolute atomic E-state index is 0.0367. The van der Waals surface area contributed by atoms with Crippen LogP contribution in [0.3, 0.4) is 0 Å². The maximum Gasteiger partial charge on any atom is 0.221 e. The number of nitrogens with one attached hydrogen (secondary N) is 1. The fraction of sp³-hybridized carbons (Fsp3) is 0.400. The zero-order valence-electron chi connectivity index (χ0n) is 11.1. The molecule has 0 aromatic heterocycles. The van der Waals surface area contributed by atoms with E-state index in [9.17, 15) is 4.79 Å². The van der Waals surface area contributed by atoms with E-state index in [0.29, 0.717) is 0 Å². The summed E-state index contributed by atoms with van der Waals surface area (Å²) in [7, 11) is 0. The van der Waals surface area contributed by atoms with Gasteiger partial charge in [-0.05, 0) is 29.5 Å². The summed E-state index contributed by atoms with van der Waals surface area (Å²) in [5.41, 5.74) is 2.33. The van der Waals surface area contributed by atoms with Crippen LogP contribution in [-0.4, -0.2) is 5.91 Å². The molecule has 0 heterocycles. The Morgan fingerprint density at radius 1 is 1.24 bits per heavy atom. The van der Waals surface area contributed by atoms with E-state index in [1.807, 2.05) is 24.3 Å². The van der Waals surface area contributed by atoms with Crippen molar-refractivity contribution in [2.75, 3.05) is 5.32 Å². The molecular weight excluding hydrogens is 210 g/mol. The summed E-state index contributed by atoms with van der Waals surface area (Å²) in [6.07, 6.45) is 5.33. The molecule has 1 aromatic carbocycles. The first kappa shape index (κ1) is 13.5. The molecule has 92 valence electrons. The number of amides is 1. The number of carbonyl (C=O) groups is 1. The van der Waals surface area contributed by atoms with Crippen molar-refractivity contribution in [3.8, 4) is 0 Å². The summed E-state index contributed by atoms with van der Waals surface area (Å²) in [4.78, 5) is 10.9. The van der Waals surface area contributed by atoms with Crippen LogP contribution in [0.1, 0.15) is 33.3 Å². The predicted molar refractivity (Wildman–Crippen MR) is 73.0 cm³/mol. The van der Waals surface area contributed by atoms with Gasteiger partial charge in [0.25, 0.3) is 0 Å². The molecule has 0 saturated carbocycles. The molecule has 17 heavy (non-hydrogen) atoms. The highest BCUT2D eigenvalue weighted by molar-refractivity contribution is 5.88. The maximum absolute atomic E-state index is 10.9. The first-order valence-electron chi connectivity index (χ1n) is 5.91. The number of allylic oxidation sites excluding steroid dienone is 2. The van der Waals surface area contributed by atoms with Gasteiger partial charge < -0.3 is 5.32 Å². The van der Waals surface area contributed by atoms with Crippen LogP contribution in [-0.2, 0) is 11.2 Å². The second kappa shape index (κ2) is 5.67. The standard InChI is InChI=1S/C15H21NO/c1-12(17)16-14-9-7-13(8-10-14)6-5-11-15(2,3)4/h5,7-11H,6H2,1-4H3,(H,16,17). The lowest BCUT2D eigenvalue weighted by Crippen LogP contribution is -2.05. The van der Waals surface area contributed by atoms with E-state index in [-0.39, 0.29) is 11.3 Å². The number of hydrogen-bond donors (Lipinski definition) is 1. The van der Waals surface area contributed by atoms with Gasteiger partial charge in [-0.25, -0.2) is 0 Å². The van der Waals surface area contributed by atoms with Crippen LogP contribution >= 0.6 is 0 Å². The minimum Gasteiger partial charge on any atom is -0.326 e. The predicted octanol–water partition coefficient (Wildman–Crippen LogP) is 3.79. The molecule has 0 bridgehead atoms. The van der Waals surface area contributed by atoms with E-state index in [4.69, 9.17) is 0 Å². The van der Waals surface area contributed by atoms with Crippen molar-refractivity contribution in [2.24, 2.45) is 5.41 Å². The Kier molecular flexibility index (Phi) is 4.50. The highest BCUT2D eigenvalue weighted by Gasteiger charge is 2.03. The molecule has 0 saturated heterocycles. The zero-order valence-corrected chi connectivity index (χ0v) is 11.1. The molecule has 0 unspecified atom stereocenters. The molecule has 0 radical (unpaired) electrons. The highest BCUT2D eigenvalue weighted by Crippen LogP contribution is 2.16. The van der Waals surface area contributed by atoms with Crippen molar-refractivity contribution >= 4 is 11.6 Å². The fourth-order valence-corrected chi connectivity index (χ4v) is 1.48. The van der Waals surface area contributed by atoms with Crippen molar-refractivity contribution in [3.05, 3.63) is 42.0 Å². The third-order valence-corrected chi connectivity index (χ3v) is 2.25. The van der Waals surface area contributed by atoms with Crippen LogP contribution in [0.5, 0.6) is 0 Å². The molecule has 2 nitrogen and oxygen atoms in total. The summed E-state index contributed by atoms with van der Waals surface area (Å²) in [6, 6.07) is 7.94. The number of anilines is 1. The van der Waals surface area contributed by atoms with Gasteiger partial charge in [0.2, 0.25) is 5.91 Å². The van der Waals surface area contributed by atoms with Crippen LogP contribution in [0.15, 0.2) is 36.4 Å². The number of benzene rings is 1. The second-order valence-electron chi connectivity index (χ2n) is 5.35. The Bertz CT molecular complexity index is 396. The smallest absolute Gasteiger partial charge is 0.221 e. The largest absolute Gasteiger partial charge is 0.326 e. The molecule has 0 fully saturated rings. The number of hydrogen-bond acceptors (Lipinski definition) is 1. The van der Waals surface area contributed by atoms with Crippen LogP contribution in [0, 0.1) is 5.41 Å². The normalized spacial score (nSPS) is 11.8. The van der Waals surface area contributed by atoms with E-state index < -0.39 is 0 Å². The zero-order chi connectivity index (χ0) is 12.9. The lowest BCUT2D eigenvalue weighted by Gasteiger charge is -2.11. The highest BCUT2D eigenvalue weighted by atomic mass is 16.1. The van der Waals surface area contributed by atoms with Gasteiger partial charge in [-0.2, -0.15) is 0 Å². The van der Waals surface area contributed by atoms with E-state index in [1.165, 1.54) is 12.5 Å². The summed E-state index contributed by atoms with van der Waals surface area (Å²) < 4.78 is 0. The van der Waals surface area contributed by atoms with E-state index in [1.54, 1.807) is 0 Å². The quantitative estimate of drug-likeness (QED) is 0.788. The van der Waals surface area contributed by atoms with Gasteiger partial charge in [0.05, 0.1) is 0 Å². The van der Waals surface area contributed by atoms with Crippen LogP contribution in [0.25, 0.3) is 0 Å². The SMILES string of the molecule is CC(=O)Nc1ccc(CC=CC(C)(C)C)cc1. The fourth-order valence-electron chi connectivity index (χ4n) is 1.48. The van der Waals surface area contributed by atoms with Crippen LogP contribution in [0.4, 0.5) is 5.69 Å². The number of carbonyl (C=O) groups excluding carboxylic acids is 1. The molecule has 0 aliphatic rings. The van der Waals surface area contributed by atoms with Crippen LogP contribution < -0.4 is 5.32 Å². The molecular formula is C15H21NO. The summed E-state index contributed by atoms with van der Waals surface area (Å²) in [5.74, 6) is -0.0367. The molecule has 1 rings (SSSR count). The van der Waals surface area contributed by atoms with Gasteiger partial charge in [-0.15, -0.1) is 0 Å². The van der Waals surface area contributed by atoms with Crippen molar-refractivity contribution in [1.29, 1.82) is 0 Å². The van der Waals surface area contributed by atoms with E-state index >= 15 is 0 Å². The first-order valence-corrected chi connectivity index (χ1v) is 5.91. The second-order valence-corrected chi connectivity index (χ2v) is 5.35. The lowest BCUT2D eigenvalue weighted by atomic mass is 9.95. The molecule has 1 amide bonds. The van der Waals surface area contributed by atoms with Crippen molar-refractivity contribution in [3.63, 3.8) is 0 Å². The molecule has 0 aliphatic heterocycles. The number of rotatable bonds is 3. The topological polar surface area (TPSA) is 29.1 Å². The van der Waals surface area contributed by atoms with Crippen molar-refractivity contribution in [2.45, 2.75) is 34.1 Å². The average Bonchev–Trinajstić information content (AvgIpc) is 2.18. The lowest BCUT2D eigenvalue weighted by molar-refractivity contribution is -0.114. The first-order chi connectivity index (χ1) is 7.87. The van der Waals surface area contributed by atoms with Gasteiger partial charge >= 0.3 is 0 Å². The molecule has 2 heteroatoms. The van der Waals surface area contributed by atoms with Gasteiger partial charge in [0.15, 0.2) is 0 Å². The van der Waals surface area contributed by atoms with Gasteiger partial charge in [-0.3, -0.25) is 4.79 Å². The average molecular weight is 231 g/mol. The minimum atomic E-state index is -0.0367. The molecule has 1 aromatic rings.